The first kappa shape index (κ1) is 30.1. The molecule has 0 aliphatic heterocycles. The van der Waals surface area contributed by atoms with E-state index in [1.165, 1.54) is 17.4 Å². The fraction of sp³-hybridized carbons (Fsp3) is 0.448. The van der Waals surface area contributed by atoms with Crippen molar-refractivity contribution in [3.63, 3.8) is 0 Å². The first-order valence-electron chi connectivity index (χ1n) is 12.7. The van der Waals surface area contributed by atoms with Crippen molar-refractivity contribution in [2.24, 2.45) is 0 Å². The first-order valence-corrected chi connectivity index (χ1v) is 12.7. The number of carbonyl (C=O) groups excluding carboxylic acids is 2. The van der Waals surface area contributed by atoms with Gasteiger partial charge in [-0.1, -0.05) is 23.7 Å². The molecule has 1 heterocycles. The highest BCUT2D eigenvalue weighted by molar-refractivity contribution is 6.38. The molecule has 3 rings (SSSR count). The summed E-state index contributed by atoms with van der Waals surface area (Å²) < 4.78 is 40.1. The van der Waals surface area contributed by atoms with Crippen LogP contribution in [-0.4, -0.2) is 41.6 Å². The molecular weight excluding hydrogens is 504 g/mol. The maximum atomic E-state index is 13.1. The monoisotopic (exact) mass is 540 g/mol. The normalized spacial score (nSPS) is 12.9. The molecule has 0 unspecified atom stereocenters. The molecule has 3 aromatic rings. The van der Waals surface area contributed by atoms with E-state index >= 15 is 0 Å². The van der Waals surface area contributed by atoms with Crippen molar-refractivity contribution in [2.45, 2.75) is 84.7 Å². The fourth-order valence-electron chi connectivity index (χ4n) is 4.33. The van der Waals surface area contributed by atoms with E-state index in [0.29, 0.717) is 33.2 Å². The smallest absolute Gasteiger partial charge is 0.351 e. The van der Waals surface area contributed by atoms with Crippen LogP contribution in [0.2, 0.25) is 0 Å². The molecule has 0 spiro atoms. The van der Waals surface area contributed by atoms with Gasteiger partial charge in [-0.3, -0.25) is 14.9 Å². The van der Waals surface area contributed by atoms with Gasteiger partial charge in [0.25, 0.3) is 0 Å². The average Bonchev–Trinajstić information content (AvgIpc) is 3.09. The maximum Gasteiger partial charge on any atom is 0.482 e. The van der Waals surface area contributed by atoms with Gasteiger partial charge in [0.05, 0.1) is 5.41 Å². The fourth-order valence-corrected chi connectivity index (χ4v) is 4.33. The van der Waals surface area contributed by atoms with Crippen molar-refractivity contribution < 1.29 is 22.8 Å². The van der Waals surface area contributed by atoms with Crippen molar-refractivity contribution in [1.82, 2.24) is 15.2 Å². The zero-order chi connectivity index (χ0) is 29.6. The molecule has 2 amide bonds. The van der Waals surface area contributed by atoms with E-state index in [1.54, 1.807) is 22.8 Å². The van der Waals surface area contributed by atoms with Gasteiger partial charge in [0.1, 0.15) is 14.4 Å². The predicted octanol–water partition coefficient (Wildman–Crippen LogP) is 5.14. The lowest BCUT2D eigenvalue weighted by molar-refractivity contribution is -0.127. The van der Waals surface area contributed by atoms with Crippen molar-refractivity contribution in [2.75, 3.05) is 5.32 Å². The summed E-state index contributed by atoms with van der Waals surface area (Å²) in [7, 11) is 6.55. The average molecular weight is 540 g/mol. The minimum Gasteiger partial charge on any atom is -0.351 e. The summed E-state index contributed by atoms with van der Waals surface area (Å²) in [5.74, 6) is -0.407. The molecule has 0 saturated heterocycles. The molecule has 0 aliphatic carbocycles. The molecule has 0 saturated carbocycles. The van der Waals surface area contributed by atoms with Crippen LogP contribution in [0.5, 0.6) is 0 Å². The van der Waals surface area contributed by atoms with E-state index in [1.807, 2.05) is 67.5 Å². The lowest BCUT2D eigenvalue weighted by Crippen LogP contribution is -2.49. The molecule has 6 nitrogen and oxygen atoms in total. The third kappa shape index (κ3) is 7.58. The number of amides is 2. The van der Waals surface area contributed by atoms with E-state index in [-0.39, 0.29) is 24.0 Å². The number of nitrogens with zero attached hydrogens (tertiary/aromatic N) is 1. The number of aromatic nitrogens is 1. The third-order valence-electron chi connectivity index (χ3n) is 6.08. The number of alkyl halides is 3. The molecule has 0 aliphatic rings. The van der Waals surface area contributed by atoms with Crippen LogP contribution in [0.4, 0.5) is 18.9 Å². The van der Waals surface area contributed by atoms with Crippen LogP contribution in [0.3, 0.4) is 0 Å². The molecule has 2 radical (unpaired) electrons. The molecule has 0 fully saturated rings. The van der Waals surface area contributed by atoms with E-state index in [0.717, 1.165) is 0 Å². The van der Waals surface area contributed by atoms with Gasteiger partial charge < -0.3 is 15.2 Å². The SMILES string of the molecule is [B]c1cc(C(C)(C)C(=O)NC(C)(C)C)cc2cc(-c3ccc(NC(F)(F)F)cc3)n(CC(=O)NC(C)(C)C)c12. The molecule has 0 bridgehead atoms. The van der Waals surface area contributed by atoms with Gasteiger partial charge in [0.15, 0.2) is 0 Å². The highest BCUT2D eigenvalue weighted by Gasteiger charge is 2.33. The Morgan fingerprint density at radius 3 is 1.92 bits per heavy atom. The zero-order valence-electron chi connectivity index (χ0n) is 23.7. The lowest BCUT2D eigenvalue weighted by Gasteiger charge is -2.30. The number of halogens is 3. The number of carbonyl (C=O) groups is 2. The van der Waals surface area contributed by atoms with Gasteiger partial charge in [0.2, 0.25) is 11.8 Å². The Hall–Kier alpha value is -3.43. The summed E-state index contributed by atoms with van der Waals surface area (Å²) in [6, 6.07) is 11.2. The summed E-state index contributed by atoms with van der Waals surface area (Å²) in [4.78, 5) is 26.1. The highest BCUT2D eigenvalue weighted by Crippen LogP contribution is 2.33. The standard InChI is InChI=1S/C29H36BF3N4O2/c1-26(2,3)35-23(38)16-37-22(17-9-11-20(12-10-17)34-29(31,32)33)14-18-13-19(15-21(30)24(18)37)28(7,8)25(39)36-27(4,5)6/h9-15,34H,16H2,1-8H3,(H,35,38)(H,36,39). The first-order chi connectivity index (χ1) is 17.7. The second kappa shape index (κ2) is 10.3. The Labute approximate surface area is 229 Å². The second-order valence-electron chi connectivity index (χ2n) is 12.4. The molecule has 10 heteroatoms. The highest BCUT2D eigenvalue weighted by atomic mass is 19.4. The number of benzene rings is 2. The molecular formula is C29H36BF3N4O2. The van der Waals surface area contributed by atoms with Gasteiger partial charge >= 0.3 is 6.30 Å². The predicted molar refractivity (Wildman–Crippen MR) is 151 cm³/mol. The molecule has 1 aromatic heterocycles. The van der Waals surface area contributed by atoms with E-state index in [2.05, 4.69) is 10.6 Å². The summed E-state index contributed by atoms with van der Waals surface area (Å²) in [5.41, 5.74) is 0.983. The van der Waals surface area contributed by atoms with Gasteiger partial charge in [-0.2, -0.15) is 13.2 Å². The van der Waals surface area contributed by atoms with Crippen LogP contribution in [0, 0.1) is 0 Å². The van der Waals surface area contributed by atoms with Crippen molar-refractivity contribution >= 4 is 41.7 Å². The minimum absolute atomic E-state index is 0.0594. The second-order valence-corrected chi connectivity index (χ2v) is 12.4. The molecule has 39 heavy (non-hydrogen) atoms. The Bertz CT molecular complexity index is 1380. The molecule has 0 atom stereocenters. The summed E-state index contributed by atoms with van der Waals surface area (Å²) in [6.45, 7) is 14.9. The Balaban J connectivity index is 2.15. The maximum absolute atomic E-state index is 13.1. The zero-order valence-corrected chi connectivity index (χ0v) is 23.7. The molecule has 208 valence electrons. The third-order valence-corrected chi connectivity index (χ3v) is 6.08. The lowest BCUT2D eigenvalue weighted by atomic mass is 9.79. The number of hydrogen-bond acceptors (Lipinski definition) is 3. The number of rotatable bonds is 6. The van der Waals surface area contributed by atoms with Crippen LogP contribution < -0.4 is 21.4 Å². The van der Waals surface area contributed by atoms with Crippen LogP contribution >= 0.6 is 0 Å². The topological polar surface area (TPSA) is 75.2 Å². The summed E-state index contributed by atoms with van der Waals surface area (Å²) in [6.07, 6.45) is -4.56. The van der Waals surface area contributed by atoms with Gasteiger partial charge in [-0.15, -0.1) is 0 Å². The van der Waals surface area contributed by atoms with Crippen molar-refractivity contribution in [3.05, 3.63) is 48.0 Å². The van der Waals surface area contributed by atoms with E-state index < -0.39 is 22.8 Å². The van der Waals surface area contributed by atoms with Crippen LogP contribution in [0.15, 0.2) is 42.5 Å². The quantitative estimate of drug-likeness (QED) is 0.300. The summed E-state index contributed by atoms with van der Waals surface area (Å²) in [5, 5.41) is 8.15. The van der Waals surface area contributed by atoms with Crippen molar-refractivity contribution in [3.8, 4) is 11.3 Å². The molecule has 3 N–H and O–H groups in total. The van der Waals surface area contributed by atoms with E-state index in [4.69, 9.17) is 7.85 Å². The van der Waals surface area contributed by atoms with Gasteiger partial charge in [0, 0.05) is 28.0 Å². The Morgan fingerprint density at radius 1 is 0.846 bits per heavy atom. The van der Waals surface area contributed by atoms with Crippen LogP contribution in [0.25, 0.3) is 22.2 Å². The summed E-state index contributed by atoms with van der Waals surface area (Å²) >= 11 is 0. The van der Waals surface area contributed by atoms with Crippen LogP contribution in [-0.2, 0) is 21.5 Å². The number of hydrogen-bond donors (Lipinski definition) is 3. The largest absolute Gasteiger partial charge is 0.482 e. The Morgan fingerprint density at radius 2 is 1.41 bits per heavy atom. The minimum atomic E-state index is -4.56. The number of nitrogens with one attached hydrogen (secondary N) is 3. The Kier molecular flexibility index (Phi) is 7.94. The van der Waals surface area contributed by atoms with Gasteiger partial charge in [-0.25, -0.2) is 0 Å². The molecule has 2 aromatic carbocycles. The number of anilines is 1. The van der Waals surface area contributed by atoms with Crippen molar-refractivity contribution in [1.29, 1.82) is 0 Å². The van der Waals surface area contributed by atoms with Crippen LogP contribution in [0.1, 0.15) is 61.0 Å². The number of fused-ring (bicyclic) bond motifs is 1. The van der Waals surface area contributed by atoms with E-state index in [9.17, 15) is 22.8 Å². The van der Waals surface area contributed by atoms with Gasteiger partial charge in [-0.05, 0) is 96.2 Å².